The van der Waals surface area contributed by atoms with Gasteiger partial charge in [0.15, 0.2) is 11.6 Å². The van der Waals surface area contributed by atoms with E-state index in [4.69, 9.17) is 4.74 Å². The first-order valence-corrected chi connectivity index (χ1v) is 12.2. The second kappa shape index (κ2) is 10.4. The number of nitrogens with one attached hydrogen (secondary N) is 3. The minimum absolute atomic E-state index is 0.0178. The average Bonchev–Trinajstić information content (AvgIpc) is 3.66. The molecule has 0 unspecified atom stereocenters. The number of halogens is 4. The molecular formula is C26H28F4N6O. The number of alkyl halides is 3. The van der Waals surface area contributed by atoms with Crippen molar-refractivity contribution in [3.05, 3.63) is 60.0 Å². The molecule has 0 atom stereocenters. The van der Waals surface area contributed by atoms with Crippen LogP contribution < -0.4 is 20.7 Å². The Morgan fingerprint density at radius 3 is 2.30 bits per heavy atom. The number of likely N-dealkylation sites (tertiary alicyclic amines) is 1. The summed E-state index contributed by atoms with van der Waals surface area (Å²) < 4.78 is 61.2. The highest BCUT2D eigenvalue weighted by atomic mass is 19.4. The average molecular weight is 517 g/mol. The fourth-order valence-corrected chi connectivity index (χ4v) is 4.12. The summed E-state index contributed by atoms with van der Waals surface area (Å²) in [5.74, 6) is 0.468. The van der Waals surface area contributed by atoms with Gasteiger partial charge >= 0.3 is 6.18 Å². The summed E-state index contributed by atoms with van der Waals surface area (Å²) in [7, 11) is 2.01. The van der Waals surface area contributed by atoms with Crippen molar-refractivity contribution in [2.75, 3.05) is 36.1 Å². The van der Waals surface area contributed by atoms with Crippen molar-refractivity contribution in [3.63, 3.8) is 0 Å². The van der Waals surface area contributed by atoms with Gasteiger partial charge in [0.1, 0.15) is 23.2 Å². The van der Waals surface area contributed by atoms with Gasteiger partial charge in [-0.15, -0.1) is 0 Å². The molecule has 1 saturated carbocycles. The van der Waals surface area contributed by atoms with E-state index in [-0.39, 0.29) is 29.1 Å². The first kappa shape index (κ1) is 25.1. The van der Waals surface area contributed by atoms with Gasteiger partial charge in [-0.3, -0.25) is 0 Å². The van der Waals surface area contributed by atoms with Crippen LogP contribution in [0.25, 0.3) is 0 Å². The maximum Gasteiger partial charge on any atom is 0.416 e. The molecular weight excluding hydrogens is 488 g/mol. The molecule has 2 fully saturated rings. The predicted molar refractivity (Wildman–Crippen MR) is 134 cm³/mol. The summed E-state index contributed by atoms with van der Waals surface area (Å²) in [6.07, 6.45) is 0.811. The number of benzene rings is 1. The summed E-state index contributed by atoms with van der Waals surface area (Å²) >= 11 is 0. The van der Waals surface area contributed by atoms with Crippen LogP contribution in [0.2, 0.25) is 0 Å². The van der Waals surface area contributed by atoms with Gasteiger partial charge < -0.3 is 25.6 Å². The summed E-state index contributed by atoms with van der Waals surface area (Å²) in [5.41, 5.74) is -0.595. The largest absolute Gasteiger partial charge is 0.454 e. The zero-order valence-electron chi connectivity index (χ0n) is 20.3. The van der Waals surface area contributed by atoms with Crippen LogP contribution in [0.4, 0.5) is 40.7 Å². The van der Waals surface area contributed by atoms with Crippen LogP contribution >= 0.6 is 0 Å². The molecule has 2 aromatic heterocycles. The number of ether oxygens (including phenoxy) is 1. The van der Waals surface area contributed by atoms with Crippen molar-refractivity contribution in [1.82, 2.24) is 14.9 Å². The minimum Gasteiger partial charge on any atom is -0.454 e. The highest BCUT2D eigenvalue weighted by Gasteiger charge is 2.32. The van der Waals surface area contributed by atoms with E-state index in [0.717, 1.165) is 57.0 Å². The molecule has 0 amide bonds. The fraction of sp³-hybridized carbons (Fsp3) is 0.385. The van der Waals surface area contributed by atoms with Crippen LogP contribution in [0.5, 0.6) is 11.5 Å². The Labute approximate surface area is 212 Å². The molecule has 0 spiro atoms. The molecule has 3 aromatic rings. The van der Waals surface area contributed by atoms with Crippen molar-refractivity contribution >= 4 is 23.1 Å². The molecule has 37 heavy (non-hydrogen) atoms. The molecule has 0 bridgehead atoms. The quantitative estimate of drug-likeness (QED) is 0.306. The summed E-state index contributed by atoms with van der Waals surface area (Å²) in [6.45, 7) is 1.71. The van der Waals surface area contributed by atoms with Gasteiger partial charge in [0.2, 0.25) is 0 Å². The number of piperidine rings is 1. The molecule has 1 aliphatic heterocycles. The van der Waals surface area contributed by atoms with Crippen molar-refractivity contribution in [3.8, 4) is 11.5 Å². The number of anilines is 4. The summed E-state index contributed by atoms with van der Waals surface area (Å²) in [5, 5.41) is 9.17. The van der Waals surface area contributed by atoms with E-state index in [1.165, 1.54) is 12.1 Å². The third-order valence-corrected chi connectivity index (χ3v) is 6.32. The zero-order chi connectivity index (χ0) is 26.0. The molecule has 7 nitrogen and oxygen atoms in total. The molecule has 3 N–H and O–H groups in total. The van der Waals surface area contributed by atoms with Crippen molar-refractivity contribution in [2.24, 2.45) is 0 Å². The van der Waals surface area contributed by atoms with Crippen LogP contribution in [0.15, 0.2) is 48.7 Å². The third-order valence-electron chi connectivity index (χ3n) is 6.32. The van der Waals surface area contributed by atoms with Crippen LogP contribution in [-0.2, 0) is 6.18 Å². The minimum atomic E-state index is -4.55. The first-order chi connectivity index (χ1) is 17.7. The topological polar surface area (TPSA) is 74.3 Å². The highest BCUT2D eigenvalue weighted by Crippen LogP contribution is 2.34. The SMILES string of the molecule is CN1CCC(Nc2cc(C(F)(F)F)cc(Nc3ccc(Oc4ccnc(NC5CC5)c4)c(F)c3)n2)CC1. The summed E-state index contributed by atoms with van der Waals surface area (Å²) in [6, 6.07) is 9.76. The lowest BCUT2D eigenvalue weighted by atomic mass is 10.1. The predicted octanol–water partition coefficient (Wildman–Crippen LogP) is 6.25. The Balaban J connectivity index is 1.30. The Bertz CT molecular complexity index is 1240. The van der Waals surface area contributed by atoms with E-state index in [1.807, 2.05) is 7.05 Å². The van der Waals surface area contributed by atoms with Crippen LogP contribution in [0.1, 0.15) is 31.2 Å². The van der Waals surface area contributed by atoms with E-state index < -0.39 is 17.6 Å². The molecule has 3 heterocycles. The molecule has 1 aromatic carbocycles. The molecule has 2 aliphatic rings. The van der Waals surface area contributed by atoms with E-state index in [0.29, 0.717) is 17.6 Å². The normalized spacial score (nSPS) is 16.9. The zero-order valence-corrected chi connectivity index (χ0v) is 20.3. The first-order valence-electron chi connectivity index (χ1n) is 12.2. The van der Waals surface area contributed by atoms with Crippen molar-refractivity contribution in [2.45, 2.75) is 43.9 Å². The van der Waals surface area contributed by atoms with Crippen molar-refractivity contribution in [1.29, 1.82) is 0 Å². The third kappa shape index (κ3) is 6.79. The summed E-state index contributed by atoms with van der Waals surface area (Å²) in [4.78, 5) is 10.7. The van der Waals surface area contributed by atoms with Gasteiger partial charge in [-0.1, -0.05) is 0 Å². The van der Waals surface area contributed by atoms with Gasteiger partial charge in [-0.05, 0) is 76.2 Å². The molecule has 11 heteroatoms. The molecule has 196 valence electrons. The molecule has 1 saturated heterocycles. The molecule has 0 radical (unpaired) electrons. The lowest BCUT2D eigenvalue weighted by Crippen LogP contribution is -2.36. The van der Waals surface area contributed by atoms with Gasteiger partial charge in [0.05, 0.1) is 5.56 Å². The second-order valence-electron chi connectivity index (χ2n) is 9.51. The van der Waals surface area contributed by atoms with Crippen LogP contribution in [0.3, 0.4) is 0 Å². The lowest BCUT2D eigenvalue weighted by Gasteiger charge is -2.30. The van der Waals surface area contributed by atoms with E-state index in [9.17, 15) is 17.6 Å². The Kier molecular flexibility index (Phi) is 7.05. The molecule has 1 aliphatic carbocycles. The van der Waals surface area contributed by atoms with Gasteiger partial charge in [0.25, 0.3) is 0 Å². The lowest BCUT2D eigenvalue weighted by molar-refractivity contribution is -0.137. The number of nitrogens with zero attached hydrogens (tertiary/aromatic N) is 3. The monoisotopic (exact) mass is 516 g/mol. The van der Waals surface area contributed by atoms with E-state index >= 15 is 0 Å². The van der Waals surface area contributed by atoms with Crippen LogP contribution in [-0.4, -0.2) is 47.1 Å². The maximum absolute atomic E-state index is 14.8. The van der Waals surface area contributed by atoms with Crippen molar-refractivity contribution < 1.29 is 22.3 Å². The maximum atomic E-state index is 14.8. The smallest absolute Gasteiger partial charge is 0.416 e. The van der Waals surface area contributed by atoms with Crippen LogP contribution in [0, 0.1) is 5.82 Å². The number of hydrogen-bond donors (Lipinski definition) is 3. The Morgan fingerprint density at radius 2 is 1.59 bits per heavy atom. The number of hydrogen-bond acceptors (Lipinski definition) is 7. The van der Waals surface area contributed by atoms with E-state index in [2.05, 4.69) is 30.8 Å². The molecule has 5 rings (SSSR count). The standard InChI is InChI=1S/C26H28F4N6O/c1-36-10-7-18(8-11-36)33-24-12-16(26(28,29)30)13-25(35-24)34-19-4-5-22(21(27)14-19)37-20-6-9-31-23(15-20)32-17-2-3-17/h4-6,9,12-15,17-18H,2-3,7-8,10-11H2,1H3,(H,31,32)(H2,33,34,35). The van der Waals surface area contributed by atoms with Gasteiger partial charge in [-0.25, -0.2) is 14.4 Å². The number of rotatable bonds is 8. The number of aromatic nitrogens is 2. The fourth-order valence-electron chi connectivity index (χ4n) is 4.12. The van der Waals surface area contributed by atoms with Gasteiger partial charge in [-0.2, -0.15) is 13.2 Å². The highest BCUT2D eigenvalue weighted by molar-refractivity contribution is 5.61. The van der Waals surface area contributed by atoms with Gasteiger partial charge in [0, 0.05) is 36.1 Å². The van der Waals surface area contributed by atoms with E-state index in [1.54, 1.807) is 18.3 Å². The Hall–Kier alpha value is -3.60. The second-order valence-corrected chi connectivity index (χ2v) is 9.51. The Morgan fingerprint density at radius 1 is 0.892 bits per heavy atom. The number of pyridine rings is 2.